The van der Waals surface area contributed by atoms with E-state index in [0.29, 0.717) is 11.1 Å². The van der Waals surface area contributed by atoms with Crippen molar-refractivity contribution in [1.82, 2.24) is 5.32 Å². The summed E-state index contributed by atoms with van der Waals surface area (Å²) in [6.45, 7) is 11.2. The summed E-state index contributed by atoms with van der Waals surface area (Å²) in [5.74, 6) is -6.78. The number of esters is 4. The maximum Gasteiger partial charge on any atom is 0.338 e. The number of amides is 1. The summed E-state index contributed by atoms with van der Waals surface area (Å²) in [6, 6.07) is 14.8. The van der Waals surface area contributed by atoms with E-state index in [0.717, 1.165) is 13.8 Å². The zero-order valence-corrected chi connectivity index (χ0v) is 34.9. The van der Waals surface area contributed by atoms with Crippen molar-refractivity contribution in [1.29, 1.82) is 0 Å². The van der Waals surface area contributed by atoms with Gasteiger partial charge in [0.2, 0.25) is 5.91 Å². The molecule has 15 heteroatoms. The van der Waals surface area contributed by atoms with Crippen molar-refractivity contribution in [3.8, 4) is 0 Å². The van der Waals surface area contributed by atoms with E-state index in [1.165, 1.54) is 26.0 Å². The third-order valence-corrected chi connectivity index (χ3v) is 13.2. The number of carbonyl (C=O) groups is 6. The van der Waals surface area contributed by atoms with Gasteiger partial charge >= 0.3 is 23.9 Å². The van der Waals surface area contributed by atoms with Crippen LogP contribution in [0.1, 0.15) is 90.2 Å². The minimum Gasteiger partial charge on any atom is -0.456 e. The Hall–Kier alpha value is -5.22. The molecule has 2 unspecified atom stereocenters. The van der Waals surface area contributed by atoms with Crippen LogP contribution in [0.15, 0.2) is 83.5 Å². The fourth-order valence-corrected chi connectivity index (χ4v) is 9.75. The molecule has 1 saturated heterocycles. The van der Waals surface area contributed by atoms with E-state index in [1.54, 1.807) is 82.3 Å². The molecule has 15 nitrogen and oxygen atoms in total. The topological polar surface area (TPSA) is 221 Å². The average molecular weight is 832 g/mol. The van der Waals surface area contributed by atoms with Gasteiger partial charge in [-0.25, -0.2) is 9.59 Å². The van der Waals surface area contributed by atoms with Crippen LogP contribution in [0.4, 0.5) is 0 Å². The van der Waals surface area contributed by atoms with Gasteiger partial charge in [0, 0.05) is 37.7 Å². The molecule has 1 heterocycles. The van der Waals surface area contributed by atoms with Crippen molar-refractivity contribution in [2.24, 2.45) is 16.7 Å². The number of Topliss-reactive ketones (excluding diaryl/α,β-unsaturated/α-hetero) is 1. The predicted octanol–water partition coefficient (Wildman–Crippen LogP) is 3.39. The fraction of sp³-hybridized carbons (Fsp3) is 0.511. The molecule has 2 aromatic carbocycles. The van der Waals surface area contributed by atoms with Gasteiger partial charge in [-0.05, 0) is 56.5 Å². The Kier molecular flexibility index (Phi) is 12.1. The van der Waals surface area contributed by atoms with Gasteiger partial charge in [0.1, 0.15) is 23.9 Å². The van der Waals surface area contributed by atoms with E-state index in [1.807, 2.05) is 0 Å². The molecule has 0 aromatic heterocycles. The summed E-state index contributed by atoms with van der Waals surface area (Å²) >= 11 is 0. The molecule has 2 aromatic rings. The number of aliphatic hydroxyl groups is 3. The third-order valence-electron chi connectivity index (χ3n) is 13.2. The van der Waals surface area contributed by atoms with E-state index >= 15 is 4.79 Å². The highest BCUT2D eigenvalue weighted by Gasteiger charge is 2.78. The smallest absolute Gasteiger partial charge is 0.338 e. The molecule has 0 radical (unpaired) electrons. The number of rotatable bonds is 10. The van der Waals surface area contributed by atoms with Crippen molar-refractivity contribution in [2.75, 3.05) is 6.61 Å². The zero-order valence-electron chi connectivity index (χ0n) is 34.9. The monoisotopic (exact) mass is 831 g/mol. The van der Waals surface area contributed by atoms with Gasteiger partial charge in [0.25, 0.3) is 0 Å². The van der Waals surface area contributed by atoms with Gasteiger partial charge in [-0.15, -0.1) is 0 Å². The highest BCUT2D eigenvalue weighted by Crippen LogP contribution is 2.64. The minimum atomic E-state index is -2.38. The Labute approximate surface area is 348 Å². The van der Waals surface area contributed by atoms with Crippen molar-refractivity contribution < 1.29 is 67.8 Å². The zero-order chi connectivity index (χ0) is 44.1. The number of hydrogen-bond acceptors (Lipinski definition) is 14. The summed E-state index contributed by atoms with van der Waals surface area (Å²) in [6.07, 6.45) is -8.88. The van der Waals surface area contributed by atoms with Crippen molar-refractivity contribution >= 4 is 35.6 Å². The molecule has 322 valence electrons. The van der Waals surface area contributed by atoms with E-state index < -0.39 is 113 Å². The van der Waals surface area contributed by atoms with Crippen LogP contribution in [0.25, 0.3) is 0 Å². The lowest BCUT2D eigenvalue weighted by atomic mass is 9.44. The second kappa shape index (κ2) is 16.3. The number of allylic oxidation sites excluding steroid dienone is 1. The number of nitrogens with one attached hydrogen (secondary N) is 1. The van der Waals surface area contributed by atoms with Gasteiger partial charge in [-0.2, -0.15) is 0 Å². The number of fused-ring (bicyclic) bond motifs is 5. The molecule has 60 heavy (non-hydrogen) atoms. The molecule has 11 atom stereocenters. The number of carbonyl (C=O) groups excluding carboxylic acids is 6. The molecular formula is C45H53NO14. The second-order valence-electron chi connectivity index (χ2n) is 17.0. The standard InChI is InChI=1S/C45H53NO14/c1-9-23(2)39(52)46-33(27-16-12-10-13-17-27)34(50)41(54)58-29-21-45(55)38(59-40(53)28-18-14-11-15-19-28)36-43(8,30(49)20-31-44(36,22-56-31)60-26(5)48)37(51)35(57-25(4)47)32(24(29)3)42(45,6)7/h9-19,29-31,33-36,38,49-50,55H,20-22H2,1-8H3,(H,46,52)/b23-9+/t29-,30-,31+,33-,34+,35+,36?,38-,43+,44-,45?/m0/s1. The molecule has 6 rings (SSSR count). The Morgan fingerprint density at radius 2 is 1.53 bits per heavy atom. The average Bonchev–Trinajstić information content (AvgIpc) is 3.20. The van der Waals surface area contributed by atoms with E-state index in [9.17, 15) is 39.3 Å². The van der Waals surface area contributed by atoms with E-state index in [4.69, 9.17) is 23.7 Å². The second-order valence-corrected chi connectivity index (χ2v) is 17.0. The third kappa shape index (κ3) is 7.24. The van der Waals surface area contributed by atoms with Gasteiger partial charge in [0.15, 0.2) is 23.6 Å². The normalized spacial score (nSPS) is 32.9. The van der Waals surface area contributed by atoms with Crippen LogP contribution in [-0.2, 0) is 47.7 Å². The summed E-state index contributed by atoms with van der Waals surface area (Å²) < 4.78 is 30.2. The van der Waals surface area contributed by atoms with Gasteiger partial charge in [-0.1, -0.05) is 68.5 Å². The van der Waals surface area contributed by atoms with Crippen LogP contribution in [0.2, 0.25) is 0 Å². The number of ether oxygens (including phenoxy) is 5. The molecule has 4 aliphatic rings. The molecule has 1 aliphatic heterocycles. The van der Waals surface area contributed by atoms with Gasteiger partial charge in [0.05, 0.1) is 35.6 Å². The van der Waals surface area contributed by atoms with Crippen LogP contribution in [-0.4, -0.2) is 105 Å². The first-order chi connectivity index (χ1) is 28.1. The van der Waals surface area contributed by atoms with Crippen molar-refractivity contribution in [3.05, 3.63) is 94.6 Å². The van der Waals surface area contributed by atoms with Gasteiger partial charge < -0.3 is 44.3 Å². The number of aliphatic hydroxyl groups excluding tert-OH is 2. The highest BCUT2D eigenvalue weighted by atomic mass is 16.6. The number of ketones is 1. The van der Waals surface area contributed by atoms with Crippen LogP contribution >= 0.6 is 0 Å². The first kappa shape index (κ1) is 44.3. The number of benzene rings is 2. The maximum absolute atomic E-state index is 15.4. The molecular weight excluding hydrogens is 778 g/mol. The molecule has 3 fully saturated rings. The molecule has 1 amide bonds. The predicted molar refractivity (Wildman–Crippen MR) is 211 cm³/mol. The molecule has 4 N–H and O–H groups in total. The summed E-state index contributed by atoms with van der Waals surface area (Å²) in [5.41, 5.74) is -6.91. The molecule has 0 spiro atoms. The summed E-state index contributed by atoms with van der Waals surface area (Å²) in [4.78, 5) is 82.9. The fourth-order valence-electron chi connectivity index (χ4n) is 9.75. The van der Waals surface area contributed by atoms with Crippen molar-refractivity contribution in [2.45, 2.75) is 122 Å². The lowest BCUT2D eigenvalue weighted by molar-refractivity contribution is -0.346. The first-order valence-corrected chi connectivity index (χ1v) is 19.9. The van der Waals surface area contributed by atoms with E-state index in [2.05, 4.69) is 5.32 Å². The summed E-state index contributed by atoms with van der Waals surface area (Å²) in [5, 5.41) is 40.0. The largest absolute Gasteiger partial charge is 0.456 e. The SMILES string of the molecule is C/C=C(\C)C(=O)N[C@@H](c1ccccc1)[C@@H](O)C(=O)O[C@H]1CC2(O)[C@@H](OC(=O)c3ccccc3)C3[C@](C)(C(=O)[C@H](OC(C)=O)C(=C1C)C2(C)C)[C@@H](O)C[C@H]1OC[C@@]31OC(C)=O. The quantitative estimate of drug-likeness (QED) is 0.117. The van der Waals surface area contributed by atoms with Crippen LogP contribution in [0.3, 0.4) is 0 Å². The summed E-state index contributed by atoms with van der Waals surface area (Å²) in [7, 11) is 0. The van der Waals surface area contributed by atoms with Crippen LogP contribution in [0, 0.1) is 16.7 Å². The lowest BCUT2D eigenvalue weighted by Crippen LogP contribution is -2.82. The molecule has 2 saturated carbocycles. The van der Waals surface area contributed by atoms with Gasteiger partial charge in [-0.3, -0.25) is 19.2 Å². The minimum absolute atomic E-state index is 0.00140. The van der Waals surface area contributed by atoms with Crippen molar-refractivity contribution in [3.63, 3.8) is 0 Å². The highest BCUT2D eigenvalue weighted by molar-refractivity contribution is 5.96. The first-order valence-electron chi connectivity index (χ1n) is 19.9. The molecule has 3 aliphatic carbocycles. The Morgan fingerprint density at radius 1 is 0.917 bits per heavy atom. The number of hydrogen-bond donors (Lipinski definition) is 4. The van der Waals surface area contributed by atoms with Crippen LogP contribution < -0.4 is 5.32 Å². The lowest BCUT2D eigenvalue weighted by Gasteiger charge is -2.67. The Balaban J connectivity index is 1.56. The Morgan fingerprint density at radius 3 is 2.08 bits per heavy atom. The maximum atomic E-state index is 15.4. The molecule has 2 bridgehead atoms. The van der Waals surface area contributed by atoms with E-state index in [-0.39, 0.29) is 29.7 Å². The van der Waals surface area contributed by atoms with Crippen LogP contribution in [0.5, 0.6) is 0 Å². The Bertz CT molecular complexity index is 2110.